The number of ether oxygens (including phenoxy) is 1. The van der Waals surface area contributed by atoms with E-state index < -0.39 is 0 Å². The van der Waals surface area contributed by atoms with E-state index in [-0.39, 0.29) is 5.91 Å². The van der Waals surface area contributed by atoms with E-state index in [1.54, 1.807) is 0 Å². The molecule has 3 aromatic rings. The van der Waals surface area contributed by atoms with Crippen LogP contribution in [-0.2, 0) is 16.0 Å². The number of morpholine rings is 1. The highest BCUT2D eigenvalue weighted by atomic mass is 35.5. The summed E-state index contributed by atoms with van der Waals surface area (Å²) in [5, 5.41) is 1.41. The number of halogens is 1. The highest BCUT2D eigenvalue weighted by molar-refractivity contribution is 7.23. The Labute approximate surface area is 186 Å². The van der Waals surface area contributed by atoms with Gasteiger partial charge in [0.2, 0.25) is 5.91 Å². The van der Waals surface area contributed by atoms with Gasteiger partial charge in [0.1, 0.15) is 0 Å². The minimum atomic E-state index is 0.0972. The van der Waals surface area contributed by atoms with Crippen molar-refractivity contribution in [3.8, 4) is 0 Å². The standard InChI is InChI=1S/C23H26ClN3O2S/c1-17-7-9-19(24)22-21(17)25-23(30-22)27(12-11-26-13-15-29-16-14-26)20(28)10-8-18-5-3-2-4-6-18/h2-7,9H,8,10-16H2,1H3. The van der Waals surface area contributed by atoms with Gasteiger partial charge in [-0.3, -0.25) is 14.6 Å². The number of nitrogens with zero attached hydrogens (tertiary/aromatic N) is 3. The molecule has 158 valence electrons. The summed E-state index contributed by atoms with van der Waals surface area (Å²) in [7, 11) is 0. The van der Waals surface area contributed by atoms with Crippen LogP contribution in [0.15, 0.2) is 42.5 Å². The molecule has 30 heavy (non-hydrogen) atoms. The first-order valence-electron chi connectivity index (χ1n) is 10.3. The molecule has 1 aliphatic heterocycles. The monoisotopic (exact) mass is 443 g/mol. The molecule has 0 radical (unpaired) electrons. The van der Waals surface area contributed by atoms with Crippen LogP contribution >= 0.6 is 22.9 Å². The number of carbonyl (C=O) groups excluding carboxylic acids is 1. The number of amides is 1. The normalized spacial score (nSPS) is 14.9. The SMILES string of the molecule is Cc1ccc(Cl)c2sc(N(CCN3CCOCC3)C(=O)CCc3ccccc3)nc12. The van der Waals surface area contributed by atoms with E-state index in [4.69, 9.17) is 21.3 Å². The molecule has 1 fully saturated rings. The molecule has 0 saturated carbocycles. The second-order valence-electron chi connectivity index (χ2n) is 7.52. The predicted molar refractivity (Wildman–Crippen MR) is 124 cm³/mol. The first-order valence-corrected chi connectivity index (χ1v) is 11.5. The number of carbonyl (C=O) groups is 1. The Kier molecular flexibility index (Phi) is 7.00. The summed E-state index contributed by atoms with van der Waals surface area (Å²) in [6.45, 7) is 6.74. The van der Waals surface area contributed by atoms with Gasteiger partial charge >= 0.3 is 0 Å². The fourth-order valence-electron chi connectivity index (χ4n) is 3.63. The first kappa shape index (κ1) is 21.2. The molecular weight excluding hydrogens is 418 g/mol. The zero-order chi connectivity index (χ0) is 20.9. The molecule has 1 aliphatic rings. The molecule has 7 heteroatoms. The highest BCUT2D eigenvalue weighted by Crippen LogP contribution is 2.35. The third kappa shape index (κ3) is 5.01. The van der Waals surface area contributed by atoms with Gasteiger partial charge in [-0.1, -0.05) is 59.3 Å². The van der Waals surface area contributed by atoms with Crippen LogP contribution in [0.5, 0.6) is 0 Å². The van der Waals surface area contributed by atoms with Gasteiger partial charge in [0.15, 0.2) is 5.13 Å². The van der Waals surface area contributed by atoms with Crippen molar-refractivity contribution in [1.82, 2.24) is 9.88 Å². The van der Waals surface area contributed by atoms with Crippen molar-refractivity contribution in [3.05, 3.63) is 58.6 Å². The molecule has 0 aliphatic carbocycles. The predicted octanol–water partition coefficient (Wildman–Crippen LogP) is 4.56. The second-order valence-corrected chi connectivity index (χ2v) is 8.91. The van der Waals surface area contributed by atoms with E-state index in [1.807, 2.05) is 42.2 Å². The van der Waals surface area contributed by atoms with Crippen LogP contribution in [-0.4, -0.2) is 55.2 Å². The molecule has 4 rings (SSSR count). The van der Waals surface area contributed by atoms with Crippen molar-refractivity contribution in [2.45, 2.75) is 19.8 Å². The fraction of sp³-hybridized carbons (Fsp3) is 0.391. The molecule has 0 unspecified atom stereocenters. The molecule has 1 amide bonds. The highest BCUT2D eigenvalue weighted by Gasteiger charge is 2.22. The van der Waals surface area contributed by atoms with Crippen LogP contribution < -0.4 is 4.90 Å². The summed E-state index contributed by atoms with van der Waals surface area (Å²) in [6.07, 6.45) is 1.17. The fourth-order valence-corrected chi connectivity index (χ4v) is 4.99. The van der Waals surface area contributed by atoms with Crippen LogP contribution in [0.25, 0.3) is 10.2 Å². The lowest BCUT2D eigenvalue weighted by molar-refractivity contribution is -0.118. The largest absolute Gasteiger partial charge is 0.379 e. The van der Waals surface area contributed by atoms with Crippen molar-refractivity contribution in [1.29, 1.82) is 0 Å². The summed E-state index contributed by atoms with van der Waals surface area (Å²) in [5.74, 6) is 0.0972. The molecular formula is C23H26ClN3O2S. The van der Waals surface area contributed by atoms with Crippen molar-refractivity contribution in [3.63, 3.8) is 0 Å². The Balaban J connectivity index is 1.55. The summed E-state index contributed by atoms with van der Waals surface area (Å²) < 4.78 is 6.39. The lowest BCUT2D eigenvalue weighted by atomic mass is 10.1. The lowest BCUT2D eigenvalue weighted by Gasteiger charge is -2.29. The molecule has 0 spiro atoms. The molecule has 2 aromatic carbocycles. The minimum absolute atomic E-state index is 0.0972. The summed E-state index contributed by atoms with van der Waals surface area (Å²) in [4.78, 5) is 22.2. The van der Waals surface area contributed by atoms with Gasteiger partial charge in [0, 0.05) is 32.6 Å². The number of fused-ring (bicyclic) bond motifs is 1. The quantitative estimate of drug-likeness (QED) is 0.537. The smallest absolute Gasteiger partial charge is 0.229 e. The summed E-state index contributed by atoms with van der Waals surface area (Å²) in [6, 6.07) is 14.0. The minimum Gasteiger partial charge on any atom is -0.379 e. The lowest BCUT2D eigenvalue weighted by Crippen LogP contribution is -2.43. The van der Waals surface area contributed by atoms with E-state index >= 15 is 0 Å². The van der Waals surface area contributed by atoms with Gasteiger partial charge in [0.05, 0.1) is 28.5 Å². The summed E-state index contributed by atoms with van der Waals surface area (Å²) >= 11 is 7.91. The Bertz CT molecular complexity index is 963. The Hall–Kier alpha value is -1.99. The van der Waals surface area contributed by atoms with E-state index in [9.17, 15) is 4.79 Å². The van der Waals surface area contributed by atoms with Gasteiger partial charge in [-0.15, -0.1) is 0 Å². The molecule has 5 nitrogen and oxygen atoms in total. The van der Waals surface area contributed by atoms with Crippen molar-refractivity contribution in [2.75, 3.05) is 44.3 Å². The molecule has 0 atom stereocenters. The van der Waals surface area contributed by atoms with Crippen LogP contribution in [0.2, 0.25) is 5.02 Å². The van der Waals surface area contributed by atoms with Gasteiger partial charge < -0.3 is 4.74 Å². The number of anilines is 1. The zero-order valence-corrected chi connectivity index (χ0v) is 18.7. The van der Waals surface area contributed by atoms with Crippen LogP contribution in [0.3, 0.4) is 0 Å². The van der Waals surface area contributed by atoms with Gasteiger partial charge in [0.25, 0.3) is 0 Å². The average Bonchev–Trinajstić information content (AvgIpc) is 3.23. The molecule has 0 N–H and O–H groups in total. The number of hydrogen-bond acceptors (Lipinski definition) is 5. The molecule has 2 heterocycles. The van der Waals surface area contributed by atoms with Crippen molar-refractivity contribution >= 4 is 44.2 Å². The molecule has 1 aromatic heterocycles. The number of hydrogen-bond donors (Lipinski definition) is 0. The number of benzene rings is 2. The zero-order valence-electron chi connectivity index (χ0n) is 17.1. The van der Waals surface area contributed by atoms with Crippen LogP contribution in [0.4, 0.5) is 5.13 Å². The van der Waals surface area contributed by atoms with Crippen LogP contribution in [0.1, 0.15) is 17.5 Å². The number of aromatic nitrogens is 1. The number of thiazole rings is 1. The maximum atomic E-state index is 13.3. The van der Waals surface area contributed by atoms with E-state index in [1.165, 1.54) is 16.9 Å². The van der Waals surface area contributed by atoms with Gasteiger partial charge in [-0.25, -0.2) is 4.98 Å². The van der Waals surface area contributed by atoms with Crippen molar-refractivity contribution in [2.24, 2.45) is 0 Å². The average molecular weight is 444 g/mol. The third-order valence-electron chi connectivity index (χ3n) is 5.43. The van der Waals surface area contributed by atoms with Gasteiger partial charge in [-0.05, 0) is 30.5 Å². The van der Waals surface area contributed by atoms with E-state index in [0.29, 0.717) is 18.0 Å². The topological polar surface area (TPSA) is 45.7 Å². The van der Waals surface area contributed by atoms with Crippen LogP contribution in [0, 0.1) is 6.92 Å². The van der Waals surface area contributed by atoms with Gasteiger partial charge in [-0.2, -0.15) is 0 Å². The van der Waals surface area contributed by atoms with E-state index in [0.717, 1.165) is 60.2 Å². The summed E-state index contributed by atoms with van der Waals surface area (Å²) in [5.41, 5.74) is 3.12. The maximum Gasteiger partial charge on any atom is 0.229 e. The van der Waals surface area contributed by atoms with Crippen molar-refractivity contribution < 1.29 is 9.53 Å². The Morgan fingerprint density at radius 1 is 1.20 bits per heavy atom. The maximum absolute atomic E-state index is 13.3. The number of rotatable bonds is 7. The molecule has 1 saturated heterocycles. The first-order chi connectivity index (χ1) is 14.6. The Morgan fingerprint density at radius 3 is 2.70 bits per heavy atom. The molecule has 0 bridgehead atoms. The number of aryl methyl sites for hydroxylation is 2. The Morgan fingerprint density at radius 2 is 1.97 bits per heavy atom. The van der Waals surface area contributed by atoms with E-state index in [2.05, 4.69) is 17.0 Å². The third-order valence-corrected chi connectivity index (χ3v) is 6.97. The second kappa shape index (κ2) is 9.88.